The van der Waals surface area contributed by atoms with Crippen molar-refractivity contribution in [1.82, 2.24) is 19.8 Å². The Hall–Kier alpha value is -3.22. The van der Waals surface area contributed by atoms with E-state index in [-0.39, 0.29) is 18.0 Å². The maximum Gasteiger partial charge on any atom is 0.368 e. The predicted octanol–water partition coefficient (Wildman–Crippen LogP) is 2.72. The van der Waals surface area contributed by atoms with Crippen molar-refractivity contribution in [3.63, 3.8) is 0 Å². The Bertz CT molecular complexity index is 991. The van der Waals surface area contributed by atoms with E-state index < -0.39 is 5.82 Å². The molecule has 1 aromatic heterocycles. The first kappa shape index (κ1) is 16.6. The van der Waals surface area contributed by atoms with E-state index in [2.05, 4.69) is 17.0 Å². The maximum atomic E-state index is 13.8. The lowest BCUT2D eigenvalue weighted by Crippen LogP contribution is -2.23. The van der Waals surface area contributed by atoms with Crippen molar-refractivity contribution in [2.75, 3.05) is 0 Å². The van der Waals surface area contributed by atoms with Crippen LogP contribution in [0.1, 0.15) is 18.1 Å². The quantitative estimate of drug-likeness (QED) is 0.716. The Morgan fingerprint density at radius 1 is 1.20 bits per heavy atom. The molecule has 3 aromatic rings. The maximum absolute atomic E-state index is 13.8. The number of aryl methyl sites for hydroxylation is 1. The molecule has 7 heteroatoms. The molecule has 0 fully saturated rings. The molecule has 2 aromatic carbocycles. The van der Waals surface area contributed by atoms with Crippen LogP contribution in [0.25, 0.3) is 11.3 Å². The molecule has 0 N–H and O–H groups in total. The van der Waals surface area contributed by atoms with Crippen LogP contribution in [0.15, 0.2) is 53.8 Å². The van der Waals surface area contributed by atoms with Crippen molar-refractivity contribution in [3.05, 3.63) is 76.5 Å². The highest BCUT2D eigenvalue weighted by Gasteiger charge is 2.16. The van der Waals surface area contributed by atoms with E-state index in [4.69, 9.17) is 4.74 Å². The van der Waals surface area contributed by atoms with Crippen molar-refractivity contribution in [2.24, 2.45) is 7.05 Å². The van der Waals surface area contributed by atoms with Crippen LogP contribution in [-0.2, 0) is 13.7 Å². The molecule has 0 spiro atoms. The number of tetrazole rings is 1. The van der Waals surface area contributed by atoms with Gasteiger partial charge in [0.05, 0.1) is 5.69 Å². The summed E-state index contributed by atoms with van der Waals surface area (Å²) in [6, 6.07) is 11.6. The summed E-state index contributed by atoms with van der Waals surface area (Å²) in [5.41, 5.74) is 2.43. The second kappa shape index (κ2) is 6.72. The number of aromatic nitrogens is 4. The number of hydrogen-bond donors (Lipinski definition) is 0. The summed E-state index contributed by atoms with van der Waals surface area (Å²) in [6.07, 6.45) is 0. The molecule has 0 aliphatic carbocycles. The van der Waals surface area contributed by atoms with Crippen molar-refractivity contribution in [3.8, 4) is 11.4 Å². The minimum Gasteiger partial charge on any atom is -0.486 e. The van der Waals surface area contributed by atoms with Gasteiger partial charge in [0, 0.05) is 12.6 Å². The molecular formula is C18H17FN4O2. The molecule has 0 atom stereocenters. The van der Waals surface area contributed by atoms with Gasteiger partial charge in [-0.1, -0.05) is 36.4 Å². The first-order valence-corrected chi connectivity index (χ1v) is 7.63. The SMILES string of the molecule is C=C(C)c1cccc(-n2nnn(C)c2=O)c1COc1ccccc1F. The summed E-state index contributed by atoms with van der Waals surface area (Å²) in [7, 11) is 1.52. The zero-order chi connectivity index (χ0) is 18.0. The highest BCUT2D eigenvalue weighted by Crippen LogP contribution is 2.25. The molecular weight excluding hydrogens is 323 g/mol. The van der Waals surface area contributed by atoms with E-state index in [1.807, 2.05) is 13.0 Å². The van der Waals surface area contributed by atoms with Crippen LogP contribution in [0.3, 0.4) is 0 Å². The lowest BCUT2D eigenvalue weighted by molar-refractivity contribution is 0.289. The molecule has 1 heterocycles. The summed E-state index contributed by atoms with van der Waals surface area (Å²) in [6.45, 7) is 5.87. The normalized spacial score (nSPS) is 10.7. The largest absolute Gasteiger partial charge is 0.486 e. The van der Waals surface area contributed by atoms with Crippen molar-refractivity contribution in [1.29, 1.82) is 0 Å². The number of para-hydroxylation sites is 1. The van der Waals surface area contributed by atoms with Gasteiger partial charge < -0.3 is 4.74 Å². The van der Waals surface area contributed by atoms with Crippen molar-refractivity contribution in [2.45, 2.75) is 13.5 Å². The fourth-order valence-electron chi connectivity index (χ4n) is 2.50. The first-order valence-electron chi connectivity index (χ1n) is 7.63. The average Bonchev–Trinajstić information content (AvgIpc) is 2.93. The molecule has 0 saturated heterocycles. The van der Waals surface area contributed by atoms with Gasteiger partial charge in [-0.05, 0) is 41.1 Å². The molecule has 3 rings (SSSR count). The molecule has 0 aliphatic heterocycles. The van der Waals surface area contributed by atoms with Crippen LogP contribution in [0, 0.1) is 5.82 Å². The number of ether oxygens (including phenoxy) is 1. The van der Waals surface area contributed by atoms with E-state index in [9.17, 15) is 9.18 Å². The summed E-state index contributed by atoms with van der Waals surface area (Å²) in [4.78, 5) is 12.2. The molecule has 0 bridgehead atoms. The van der Waals surface area contributed by atoms with Crippen molar-refractivity contribution >= 4 is 5.57 Å². The van der Waals surface area contributed by atoms with E-state index in [0.717, 1.165) is 15.8 Å². The molecule has 0 aliphatic rings. The summed E-state index contributed by atoms with van der Waals surface area (Å²) in [5, 5.41) is 7.61. The fraction of sp³-hybridized carbons (Fsp3) is 0.167. The molecule has 128 valence electrons. The van der Waals surface area contributed by atoms with E-state index in [1.165, 1.54) is 17.8 Å². The smallest absolute Gasteiger partial charge is 0.368 e. The van der Waals surface area contributed by atoms with Crippen LogP contribution in [0.4, 0.5) is 4.39 Å². The van der Waals surface area contributed by atoms with Crippen LogP contribution in [0.2, 0.25) is 0 Å². The van der Waals surface area contributed by atoms with Gasteiger partial charge in [0.15, 0.2) is 11.6 Å². The third-order valence-electron chi connectivity index (χ3n) is 3.77. The van der Waals surface area contributed by atoms with Gasteiger partial charge in [0.1, 0.15) is 6.61 Å². The molecule has 0 unspecified atom stereocenters. The minimum atomic E-state index is -0.450. The average molecular weight is 340 g/mol. The summed E-state index contributed by atoms with van der Waals surface area (Å²) in [5.74, 6) is -0.315. The van der Waals surface area contributed by atoms with E-state index in [0.29, 0.717) is 11.3 Å². The monoisotopic (exact) mass is 340 g/mol. The minimum absolute atomic E-state index is 0.0579. The number of nitrogens with zero attached hydrogens (tertiary/aromatic N) is 4. The van der Waals surface area contributed by atoms with Gasteiger partial charge in [0.2, 0.25) is 0 Å². The number of allylic oxidation sites excluding steroid dienone is 1. The van der Waals surface area contributed by atoms with Crippen molar-refractivity contribution < 1.29 is 9.13 Å². The van der Waals surface area contributed by atoms with Gasteiger partial charge >= 0.3 is 5.69 Å². The third kappa shape index (κ3) is 3.21. The van der Waals surface area contributed by atoms with Crippen LogP contribution >= 0.6 is 0 Å². The number of rotatable bonds is 5. The molecule has 6 nitrogen and oxygen atoms in total. The Morgan fingerprint density at radius 3 is 2.60 bits per heavy atom. The molecule has 25 heavy (non-hydrogen) atoms. The third-order valence-corrected chi connectivity index (χ3v) is 3.77. The lowest BCUT2D eigenvalue weighted by Gasteiger charge is -2.15. The van der Waals surface area contributed by atoms with Gasteiger partial charge in [-0.25, -0.2) is 9.18 Å². The fourth-order valence-corrected chi connectivity index (χ4v) is 2.50. The van der Waals surface area contributed by atoms with Gasteiger partial charge in [-0.3, -0.25) is 0 Å². The number of benzene rings is 2. The predicted molar refractivity (Wildman–Crippen MR) is 92.0 cm³/mol. The van der Waals surface area contributed by atoms with Crippen LogP contribution in [0.5, 0.6) is 5.75 Å². The highest BCUT2D eigenvalue weighted by molar-refractivity contribution is 5.68. The van der Waals surface area contributed by atoms with Crippen LogP contribution in [-0.4, -0.2) is 19.8 Å². The highest BCUT2D eigenvalue weighted by atomic mass is 19.1. The Labute approximate surface area is 143 Å². The lowest BCUT2D eigenvalue weighted by atomic mass is 10.0. The number of hydrogen-bond acceptors (Lipinski definition) is 4. The second-order valence-electron chi connectivity index (χ2n) is 5.60. The summed E-state index contributed by atoms with van der Waals surface area (Å²) < 4.78 is 21.8. The molecule has 0 saturated carbocycles. The molecule has 0 amide bonds. The van der Waals surface area contributed by atoms with E-state index >= 15 is 0 Å². The van der Waals surface area contributed by atoms with Gasteiger partial charge in [-0.15, -0.1) is 0 Å². The Kier molecular flexibility index (Phi) is 4.47. The standard InChI is InChI=1S/C18H17FN4O2/c1-12(2)13-7-6-9-16(23-18(24)22(3)20-21-23)14(13)11-25-17-10-5-4-8-15(17)19/h4-10H,1,11H2,2-3H3. The van der Waals surface area contributed by atoms with E-state index in [1.54, 1.807) is 30.3 Å². The second-order valence-corrected chi connectivity index (χ2v) is 5.60. The zero-order valence-corrected chi connectivity index (χ0v) is 13.9. The first-order chi connectivity index (χ1) is 12.0. The number of halogens is 1. The van der Waals surface area contributed by atoms with Gasteiger partial charge in [0.25, 0.3) is 0 Å². The van der Waals surface area contributed by atoms with Crippen LogP contribution < -0.4 is 10.4 Å². The zero-order valence-electron chi connectivity index (χ0n) is 13.9. The summed E-state index contributed by atoms with van der Waals surface area (Å²) >= 11 is 0. The van der Waals surface area contributed by atoms with Gasteiger partial charge in [-0.2, -0.15) is 9.36 Å². The Balaban J connectivity index is 2.07. The molecule has 0 radical (unpaired) electrons. The Morgan fingerprint density at radius 2 is 1.96 bits per heavy atom. The topological polar surface area (TPSA) is 61.9 Å².